The molecule has 1 saturated carbocycles. The molecule has 0 radical (unpaired) electrons. The zero-order valence-corrected chi connectivity index (χ0v) is 15.4. The molecule has 2 aliphatic rings. The number of fused-ring (bicyclic) bond motifs is 1. The third-order valence-corrected chi connectivity index (χ3v) is 6.26. The van der Waals surface area contributed by atoms with Crippen molar-refractivity contribution in [1.29, 1.82) is 0 Å². The Morgan fingerprint density at radius 2 is 2.04 bits per heavy atom. The van der Waals surface area contributed by atoms with Crippen LogP contribution < -0.4 is 0 Å². The Hall–Kier alpha value is -1.95. The van der Waals surface area contributed by atoms with Crippen molar-refractivity contribution in [2.45, 2.75) is 50.8 Å². The van der Waals surface area contributed by atoms with Crippen LogP contribution >= 0.6 is 0 Å². The predicted octanol–water partition coefficient (Wildman–Crippen LogP) is 3.91. The van der Waals surface area contributed by atoms with Crippen LogP contribution in [0.5, 0.6) is 0 Å². The van der Waals surface area contributed by atoms with Gasteiger partial charge in [-0.05, 0) is 19.8 Å². The maximum atomic E-state index is 12.6. The van der Waals surface area contributed by atoms with Crippen molar-refractivity contribution >= 4 is 22.3 Å². The Morgan fingerprint density at radius 1 is 1.32 bits per heavy atom. The van der Waals surface area contributed by atoms with E-state index >= 15 is 0 Å². The van der Waals surface area contributed by atoms with E-state index in [1.165, 1.54) is 6.42 Å². The predicted molar refractivity (Wildman–Crippen MR) is 99.5 cm³/mol. The largest absolute Gasteiger partial charge is 0.461 e. The molecule has 1 atom stereocenters. The van der Waals surface area contributed by atoms with Crippen molar-refractivity contribution in [3.05, 3.63) is 47.2 Å². The van der Waals surface area contributed by atoms with Crippen LogP contribution in [-0.4, -0.2) is 26.6 Å². The Kier molecular flexibility index (Phi) is 5.37. The summed E-state index contributed by atoms with van der Waals surface area (Å²) < 4.78 is 19.8. The van der Waals surface area contributed by atoms with Crippen LogP contribution in [0, 0.1) is 0 Å². The Labute approximate surface area is 150 Å². The van der Waals surface area contributed by atoms with E-state index in [0.717, 1.165) is 37.0 Å². The van der Waals surface area contributed by atoms with E-state index in [1.54, 1.807) is 19.1 Å². The summed E-state index contributed by atoms with van der Waals surface area (Å²) in [5, 5.41) is 4.63. The highest BCUT2D eigenvalue weighted by Gasteiger charge is 2.34. The molecule has 0 bridgehead atoms. The van der Waals surface area contributed by atoms with Gasteiger partial charge in [-0.3, -0.25) is 8.89 Å². The first-order chi connectivity index (χ1) is 12.1. The standard InChI is InChI=1S/C19H24N2O3S/c1-4-14-16(5-2)25(23)12-15-17(19(22)24-6-3)20-21(18(14)15)13-10-8-7-9-11-13/h4-5,13H,1-2,6-12H2,3H3. The Bertz CT molecular complexity index is 770. The number of aromatic nitrogens is 2. The van der Waals surface area contributed by atoms with Crippen LogP contribution in [0.15, 0.2) is 30.2 Å². The topological polar surface area (TPSA) is 61.2 Å². The summed E-state index contributed by atoms with van der Waals surface area (Å²) in [5.41, 5.74) is 2.63. The lowest BCUT2D eigenvalue weighted by atomic mass is 9.94. The summed E-state index contributed by atoms with van der Waals surface area (Å²) in [4.78, 5) is 13.1. The average molecular weight is 360 g/mol. The highest BCUT2D eigenvalue weighted by atomic mass is 32.2. The summed E-state index contributed by atoms with van der Waals surface area (Å²) in [6, 6.07) is 0.248. The molecule has 1 aromatic rings. The van der Waals surface area contributed by atoms with Gasteiger partial charge in [0, 0.05) is 16.0 Å². The summed E-state index contributed by atoms with van der Waals surface area (Å²) >= 11 is 0. The molecule has 1 aliphatic heterocycles. The number of rotatable bonds is 5. The monoisotopic (exact) mass is 360 g/mol. The van der Waals surface area contributed by atoms with E-state index in [4.69, 9.17) is 4.74 Å². The molecule has 2 heterocycles. The zero-order valence-electron chi connectivity index (χ0n) is 14.6. The first-order valence-electron chi connectivity index (χ1n) is 8.78. The molecule has 3 rings (SSSR count). The third-order valence-electron chi connectivity index (χ3n) is 4.83. The van der Waals surface area contributed by atoms with E-state index in [1.807, 2.05) is 4.68 Å². The van der Waals surface area contributed by atoms with Gasteiger partial charge in [-0.1, -0.05) is 44.6 Å². The molecule has 0 N–H and O–H groups in total. The first kappa shape index (κ1) is 17.9. The van der Waals surface area contributed by atoms with Gasteiger partial charge in [-0.15, -0.1) is 0 Å². The number of nitrogens with zero attached hydrogens (tertiary/aromatic N) is 2. The SMILES string of the molecule is C=CC1=C(C=C)S(=O)Cc2c(C(=O)OCC)nn(C3CCCCC3)c21. The van der Waals surface area contributed by atoms with E-state index in [0.29, 0.717) is 16.2 Å². The van der Waals surface area contributed by atoms with Gasteiger partial charge in [0.2, 0.25) is 0 Å². The molecule has 5 nitrogen and oxygen atoms in total. The third kappa shape index (κ3) is 3.15. The summed E-state index contributed by atoms with van der Waals surface area (Å²) in [6.45, 7) is 9.75. The number of esters is 1. The number of hydrogen-bond acceptors (Lipinski definition) is 4. The quantitative estimate of drug-likeness (QED) is 0.747. The number of allylic oxidation sites excluding steroid dienone is 3. The van der Waals surface area contributed by atoms with Gasteiger partial charge in [0.05, 0.1) is 34.9 Å². The maximum Gasteiger partial charge on any atom is 0.359 e. The normalized spacial score (nSPS) is 20.9. The van der Waals surface area contributed by atoms with Crippen molar-refractivity contribution in [1.82, 2.24) is 9.78 Å². The van der Waals surface area contributed by atoms with E-state index in [9.17, 15) is 9.00 Å². The fourth-order valence-corrected chi connectivity index (χ4v) is 5.00. The van der Waals surface area contributed by atoms with E-state index < -0.39 is 16.8 Å². The molecule has 1 unspecified atom stereocenters. The van der Waals surface area contributed by atoms with Gasteiger partial charge in [0.15, 0.2) is 5.69 Å². The number of carbonyl (C=O) groups excluding carboxylic acids is 1. The van der Waals surface area contributed by atoms with Crippen molar-refractivity contribution in [2.24, 2.45) is 0 Å². The zero-order chi connectivity index (χ0) is 18.0. The second kappa shape index (κ2) is 7.52. The number of ether oxygens (including phenoxy) is 1. The molecule has 0 spiro atoms. The molecule has 1 aromatic heterocycles. The molecule has 0 aromatic carbocycles. The van der Waals surface area contributed by atoms with Crippen molar-refractivity contribution in [3.8, 4) is 0 Å². The number of carbonyl (C=O) groups is 1. The molecule has 0 saturated heterocycles. The molecular formula is C19H24N2O3S. The fraction of sp³-hybridized carbons (Fsp3) is 0.474. The lowest BCUT2D eigenvalue weighted by molar-refractivity contribution is 0.0517. The van der Waals surface area contributed by atoms with Gasteiger partial charge in [0.1, 0.15) is 0 Å². The van der Waals surface area contributed by atoms with Crippen LogP contribution in [0.3, 0.4) is 0 Å². The smallest absolute Gasteiger partial charge is 0.359 e. The van der Waals surface area contributed by atoms with Gasteiger partial charge in [-0.2, -0.15) is 5.10 Å². The first-order valence-corrected chi connectivity index (χ1v) is 10.1. The second-order valence-corrected chi connectivity index (χ2v) is 7.73. The molecule has 134 valence electrons. The molecule has 1 aliphatic carbocycles. The lowest BCUT2D eigenvalue weighted by Gasteiger charge is -2.26. The summed E-state index contributed by atoms with van der Waals surface area (Å²) in [7, 11) is -1.26. The van der Waals surface area contributed by atoms with Crippen molar-refractivity contribution in [3.63, 3.8) is 0 Å². The molecule has 0 amide bonds. The van der Waals surface area contributed by atoms with Gasteiger partial charge in [0.25, 0.3) is 0 Å². The summed E-state index contributed by atoms with van der Waals surface area (Å²) in [6.07, 6.45) is 8.93. The minimum atomic E-state index is -1.26. The van der Waals surface area contributed by atoms with Gasteiger partial charge >= 0.3 is 5.97 Å². The average Bonchev–Trinajstić information content (AvgIpc) is 3.00. The van der Waals surface area contributed by atoms with E-state index in [-0.39, 0.29) is 18.4 Å². The molecule has 25 heavy (non-hydrogen) atoms. The highest BCUT2D eigenvalue weighted by molar-refractivity contribution is 7.88. The van der Waals surface area contributed by atoms with Gasteiger partial charge in [-0.25, -0.2) is 4.79 Å². The second-order valence-electron chi connectivity index (χ2n) is 6.31. The Balaban J connectivity index is 2.21. The maximum absolute atomic E-state index is 12.6. The van der Waals surface area contributed by atoms with Crippen LogP contribution in [0.1, 0.15) is 66.8 Å². The van der Waals surface area contributed by atoms with Crippen molar-refractivity contribution in [2.75, 3.05) is 6.61 Å². The summed E-state index contributed by atoms with van der Waals surface area (Å²) in [5.74, 6) is -0.190. The van der Waals surface area contributed by atoms with Crippen molar-refractivity contribution < 1.29 is 13.7 Å². The fourth-order valence-electron chi connectivity index (χ4n) is 3.69. The highest BCUT2D eigenvalue weighted by Crippen LogP contribution is 2.39. The van der Waals surface area contributed by atoms with Crippen LogP contribution in [0.4, 0.5) is 0 Å². The van der Waals surface area contributed by atoms with Crippen LogP contribution in [0.25, 0.3) is 5.57 Å². The lowest BCUT2D eigenvalue weighted by Crippen LogP contribution is -2.19. The molecule has 1 fully saturated rings. The minimum absolute atomic E-state index is 0.248. The van der Waals surface area contributed by atoms with Gasteiger partial charge < -0.3 is 4.74 Å². The number of hydrogen-bond donors (Lipinski definition) is 0. The van der Waals surface area contributed by atoms with E-state index in [2.05, 4.69) is 18.3 Å². The Morgan fingerprint density at radius 3 is 2.64 bits per heavy atom. The van der Waals surface area contributed by atoms with Crippen LogP contribution in [-0.2, 0) is 21.3 Å². The minimum Gasteiger partial charge on any atom is -0.461 e. The van der Waals surface area contributed by atoms with Crippen LogP contribution in [0.2, 0.25) is 0 Å². The molecule has 6 heteroatoms. The molecular weight excluding hydrogens is 336 g/mol.